The van der Waals surface area contributed by atoms with Gasteiger partial charge >= 0.3 is 0 Å². The summed E-state index contributed by atoms with van der Waals surface area (Å²) in [7, 11) is 2.16. The van der Waals surface area contributed by atoms with Gasteiger partial charge in [0.1, 0.15) is 17.9 Å². The van der Waals surface area contributed by atoms with Gasteiger partial charge in [-0.05, 0) is 43.5 Å². The second kappa shape index (κ2) is 7.00. The highest BCUT2D eigenvalue weighted by Gasteiger charge is 2.24. The van der Waals surface area contributed by atoms with Gasteiger partial charge in [0.2, 0.25) is 0 Å². The molecule has 132 valence electrons. The molecular weight excluding hydrogens is 312 g/mol. The van der Waals surface area contributed by atoms with Gasteiger partial charge < -0.3 is 9.64 Å². The molecule has 3 heterocycles. The Bertz CT molecular complexity index is 748. The number of rotatable bonds is 4. The maximum Gasteiger partial charge on any atom is 0.132 e. The number of fused-ring (bicyclic) bond motifs is 1. The van der Waals surface area contributed by atoms with Crippen LogP contribution in [0.15, 0.2) is 30.6 Å². The number of aromatic nitrogens is 2. The average Bonchev–Trinajstić information content (AvgIpc) is 3.09. The fourth-order valence-electron chi connectivity index (χ4n) is 3.91. The predicted molar refractivity (Wildman–Crippen MR) is 99.1 cm³/mol. The summed E-state index contributed by atoms with van der Waals surface area (Å²) in [5.74, 6) is 2.09. The van der Waals surface area contributed by atoms with Crippen LogP contribution in [0.3, 0.4) is 0 Å². The lowest BCUT2D eigenvalue weighted by Crippen LogP contribution is -2.46. The Hall–Kier alpha value is -2.14. The van der Waals surface area contributed by atoms with Crippen LogP contribution in [-0.4, -0.2) is 47.7 Å². The van der Waals surface area contributed by atoms with Gasteiger partial charge in [0.25, 0.3) is 0 Å². The number of aryl methyl sites for hydroxylation is 1. The summed E-state index contributed by atoms with van der Waals surface area (Å²) < 4.78 is 5.62. The van der Waals surface area contributed by atoms with Crippen LogP contribution in [0.1, 0.15) is 29.7 Å². The zero-order chi connectivity index (χ0) is 17.2. The Labute approximate surface area is 149 Å². The van der Waals surface area contributed by atoms with Gasteiger partial charge in [0.15, 0.2) is 0 Å². The lowest BCUT2D eigenvalue weighted by molar-refractivity contribution is 0.198. The van der Waals surface area contributed by atoms with E-state index in [9.17, 15) is 0 Å². The summed E-state index contributed by atoms with van der Waals surface area (Å²) >= 11 is 0. The Kier molecular flexibility index (Phi) is 4.57. The molecule has 5 nitrogen and oxygen atoms in total. The minimum Gasteiger partial charge on any atom is -0.493 e. The number of nitrogens with zero attached hydrogens (tertiary/aromatic N) is 4. The van der Waals surface area contributed by atoms with Crippen molar-refractivity contribution in [1.82, 2.24) is 14.9 Å². The molecule has 0 aliphatic carbocycles. The van der Waals surface area contributed by atoms with Crippen molar-refractivity contribution in [3.05, 3.63) is 47.4 Å². The van der Waals surface area contributed by atoms with E-state index in [0.29, 0.717) is 6.04 Å². The monoisotopic (exact) mass is 338 g/mol. The molecule has 4 rings (SSSR count). The normalized spacial score (nSPS) is 20.2. The van der Waals surface area contributed by atoms with E-state index in [1.807, 2.05) is 6.92 Å². The summed E-state index contributed by atoms with van der Waals surface area (Å²) in [6.07, 6.45) is 5.15. The van der Waals surface area contributed by atoms with E-state index < -0.39 is 0 Å². The summed E-state index contributed by atoms with van der Waals surface area (Å²) in [5, 5.41) is 0. The van der Waals surface area contributed by atoms with Crippen LogP contribution in [0.2, 0.25) is 0 Å². The van der Waals surface area contributed by atoms with Gasteiger partial charge in [-0.2, -0.15) is 0 Å². The van der Waals surface area contributed by atoms with E-state index >= 15 is 0 Å². The largest absolute Gasteiger partial charge is 0.493 e. The predicted octanol–water partition coefficient (Wildman–Crippen LogP) is 2.82. The molecule has 0 spiro atoms. The van der Waals surface area contributed by atoms with E-state index in [1.54, 1.807) is 6.33 Å². The fourth-order valence-corrected chi connectivity index (χ4v) is 3.91. The third-order valence-electron chi connectivity index (χ3n) is 5.34. The van der Waals surface area contributed by atoms with Gasteiger partial charge in [-0.25, -0.2) is 9.97 Å². The Morgan fingerprint density at radius 2 is 2.20 bits per heavy atom. The molecule has 2 aromatic rings. The van der Waals surface area contributed by atoms with E-state index in [0.717, 1.165) is 43.4 Å². The van der Waals surface area contributed by atoms with E-state index in [2.05, 4.69) is 51.1 Å². The Morgan fingerprint density at radius 3 is 3.08 bits per heavy atom. The van der Waals surface area contributed by atoms with E-state index in [1.165, 1.54) is 30.5 Å². The lowest BCUT2D eigenvalue weighted by Gasteiger charge is -2.38. The third kappa shape index (κ3) is 3.61. The molecule has 1 saturated heterocycles. The second-order valence-electron chi connectivity index (χ2n) is 7.20. The first kappa shape index (κ1) is 16.3. The van der Waals surface area contributed by atoms with E-state index in [-0.39, 0.29) is 0 Å². The molecule has 1 fully saturated rings. The summed E-state index contributed by atoms with van der Waals surface area (Å²) in [4.78, 5) is 13.5. The van der Waals surface area contributed by atoms with Crippen LogP contribution in [0, 0.1) is 6.92 Å². The first-order valence-electron chi connectivity index (χ1n) is 9.17. The van der Waals surface area contributed by atoms with Gasteiger partial charge in [-0.1, -0.05) is 12.1 Å². The number of likely N-dealkylation sites (N-methyl/N-ethyl adjacent to an activating group) is 1. The molecule has 1 atom stereocenters. The van der Waals surface area contributed by atoms with Crippen molar-refractivity contribution in [2.45, 2.75) is 38.8 Å². The average molecular weight is 338 g/mol. The zero-order valence-electron chi connectivity index (χ0n) is 15.1. The molecule has 2 aliphatic rings. The molecule has 1 aromatic heterocycles. The van der Waals surface area contributed by atoms with Crippen molar-refractivity contribution in [2.75, 3.05) is 31.6 Å². The molecule has 1 unspecified atom stereocenters. The van der Waals surface area contributed by atoms with Crippen molar-refractivity contribution in [3.63, 3.8) is 0 Å². The molecule has 5 heteroatoms. The first-order valence-corrected chi connectivity index (χ1v) is 9.17. The van der Waals surface area contributed by atoms with Crippen molar-refractivity contribution in [1.29, 1.82) is 0 Å². The van der Waals surface area contributed by atoms with Gasteiger partial charge in [0.05, 0.1) is 6.61 Å². The summed E-state index contributed by atoms with van der Waals surface area (Å²) in [6.45, 7) is 6.10. The fraction of sp³-hybridized carbons (Fsp3) is 0.500. The number of benzene rings is 1. The summed E-state index contributed by atoms with van der Waals surface area (Å²) in [5.41, 5.74) is 3.77. The minimum absolute atomic E-state index is 0.501. The van der Waals surface area contributed by atoms with Crippen LogP contribution in [0.4, 0.5) is 5.82 Å². The second-order valence-corrected chi connectivity index (χ2v) is 7.20. The summed E-state index contributed by atoms with van der Waals surface area (Å²) in [6, 6.07) is 9.24. The number of piperidine rings is 1. The zero-order valence-corrected chi connectivity index (χ0v) is 15.1. The molecule has 0 radical (unpaired) electrons. The molecule has 0 N–H and O–H groups in total. The SMILES string of the molecule is Cc1cc(N(C)C2CCCN(Cc3ccc4c(c3)CCO4)C2)ncn1. The molecule has 0 amide bonds. The quantitative estimate of drug-likeness (QED) is 0.857. The highest BCUT2D eigenvalue weighted by molar-refractivity contribution is 5.40. The highest BCUT2D eigenvalue weighted by Crippen LogP contribution is 2.27. The molecule has 25 heavy (non-hydrogen) atoms. The third-order valence-corrected chi connectivity index (χ3v) is 5.34. The van der Waals surface area contributed by atoms with Crippen LogP contribution in [0.25, 0.3) is 0 Å². The number of ether oxygens (including phenoxy) is 1. The van der Waals surface area contributed by atoms with Gasteiger partial charge in [-0.15, -0.1) is 0 Å². The number of hydrogen-bond donors (Lipinski definition) is 0. The van der Waals surface area contributed by atoms with E-state index in [4.69, 9.17) is 4.74 Å². The van der Waals surface area contributed by atoms with Crippen molar-refractivity contribution >= 4 is 5.82 Å². The molecule has 0 bridgehead atoms. The van der Waals surface area contributed by atoms with Crippen LogP contribution >= 0.6 is 0 Å². The van der Waals surface area contributed by atoms with Crippen molar-refractivity contribution < 1.29 is 4.74 Å². The van der Waals surface area contributed by atoms with Crippen LogP contribution in [-0.2, 0) is 13.0 Å². The molecule has 0 saturated carbocycles. The van der Waals surface area contributed by atoms with Crippen molar-refractivity contribution in [3.8, 4) is 5.75 Å². The Balaban J connectivity index is 1.42. The first-order chi connectivity index (χ1) is 12.2. The maximum atomic E-state index is 5.62. The molecule has 2 aliphatic heterocycles. The van der Waals surface area contributed by atoms with Gasteiger partial charge in [-0.3, -0.25) is 4.90 Å². The Morgan fingerprint density at radius 1 is 1.28 bits per heavy atom. The van der Waals surface area contributed by atoms with Gasteiger partial charge in [0, 0.05) is 44.4 Å². The molecule has 1 aromatic carbocycles. The number of hydrogen-bond acceptors (Lipinski definition) is 5. The number of anilines is 1. The van der Waals surface area contributed by atoms with Crippen molar-refractivity contribution in [2.24, 2.45) is 0 Å². The minimum atomic E-state index is 0.501. The molecular formula is C20H26N4O. The lowest BCUT2D eigenvalue weighted by atomic mass is 10.0. The maximum absolute atomic E-state index is 5.62. The smallest absolute Gasteiger partial charge is 0.132 e. The standard InChI is InChI=1S/C20H26N4O/c1-15-10-20(22-14-21-15)23(2)18-4-3-8-24(13-18)12-16-5-6-19-17(11-16)7-9-25-19/h5-6,10-11,14,18H,3-4,7-9,12-13H2,1-2H3. The highest BCUT2D eigenvalue weighted by atomic mass is 16.5. The number of likely N-dealkylation sites (tertiary alicyclic amines) is 1. The van der Waals surface area contributed by atoms with Crippen LogP contribution < -0.4 is 9.64 Å². The van der Waals surface area contributed by atoms with Crippen LogP contribution in [0.5, 0.6) is 5.75 Å². The topological polar surface area (TPSA) is 41.5 Å².